The topological polar surface area (TPSA) is 61.8 Å². The third kappa shape index (κ3) is 5.84. The number of aliphatic hydroxyl groups is 1. The number of piperidine rings is 1. The lowest BCUT2D eigenvalue weighted by molar-refractivity contribution is -0.164. The number of rotatable bonds is 9. The summed E-state index contributed by atoms with van der Waals surface area (Å²) in [5, 5.41) is 12.9. The zero-order chi connectivity index (χ0) is 22.9. The summed E-state index contributed by atoms with van der Waals surface area (Å²) in [6.45, 7) is 2.97. The van der Waals surface area contributed by atoms with E-state index in [1.165, 1.54) is 12.0 Å². The Bertz CT molecular complexity index is 846. The van der Waals surface area contributed by atoms with Crippen LogP contribution in [0, 0.1) is 5.92 Å². The molecule has 1 unspecified atom stereocenters. The number of benzene rings is 2. The van der Waals surface area contributed by atoms with E-state index in [4.69, 9.17) is 4.74 Å². The molecule has 1 saturated carbocycles. The molecule has 2 aliphatic rings. The van der Waals surface area contributed by atoms with Gasteiger partial charge in [-0.05, 0) is 36.8 Å². The lowest BCUT2D eigenvalue weighted by atomic mass is 9.72. The van der Waals surface area contributed by atoms with E-state index in [9.17, 15) is 9.90 Å². The summed E-state index contributed by atoms with van der Waals surface area (Å²) < 4.78 is 6.34. The van der Waals surface area contributed by atoms with Gasteiger partial charge in [-0.2, -0.15) is 0 Å². The van der Waals surface area contributed by atoms with E-state index in [-0.39, 0.29) is 31.1 Å². The van der Waals surface area contributed by atoms with Crippen LogP contribution in [0.5, 0.6) is 0 Å². The Morgan fingerprint density at radius 2 is 1.58 bits per heavy atom. The van der Waals surface area contributed by atoms with Gasteiger partial charge < -0.3 is 15.2 Å². The van der Waals surface area contributed by atoms with Crippen LogP contribution in [0.3, 0.4) is 0 Å². The monoisotopic (exact) mass is 450 g/mol. The number of hydrogen-bond donors (Lipinski definition) is 2. The Labute approximate surface area is 198 Å². The van der Waals surface area contributed by atoms with Crippen LogP contribution in [-0.4, -0.2) is 48.3 Å². The molecule has 0 spiro atoms. The molecule has 178 valence electrons. The van der Waals surface area contributed by atoms with E-state index in [2.05, 4.69) is 40.5 Å². The third-order valence-electron chi connectivity index (χ3n) is 7.31. The fraction of sp³-hybridized carbons (Fsp3) is 0.536. The molecule has 1 heterocycles. The minimum Gasteiger partial charge on any atom is -0.394 e. The average molecular weight is 451 g/mol. The predicted molar refractivity (Wildman–Crippen MR) is 131 cm³/mol. The maximum atomic E-state index is 14.0. The van der Waals surface area contributed by atoms with Crippen molar-refractivity contribution in [1.29, 1.82) is 0 Å². The molecule has 1 aliphatic carbocycles. The molecule has 1 saturated heterocycles. The maximum absolute atomic E-state index is 14.0. The fourth-order valence-electron chi connectivity index (χ4n) is 5.59. The van der Waals surface area contributed by atoms with Gasteiger partial charge in [0.25, 0.3) is 5.91 Å². The second-order valence-corrected chi connectivity index (χ2v) is 9.52. The number of carbonyl (C=O) groups is 1. The zero-order valence-corrected chi connectivity index (χ0v) is 19.6. The number of amides is 1. The van der Waals surface area contributed by atoms with Crippen molar-refractivity contribution in [3.63, 3.8) is 0 Å². The third-order valence-corrected chi connectivity index (χ3v) is 7.31. The van der Waals surface area contributed by atoms with Gasteiger partial charge >= 0.3 is 0 Å². The van der Waals surface area contributed by atoms with Gasteiger partial charge in [0.15, 0.2) is 5.60 Å². The first-order valence-electron chi connectivity index (χ1n) is 12.6. The van der Waals surface area contributed by atoms with E-state index in [1.54, 1.807) is 0 Å². The molecule has 1 aliphatic heterocycles. The van der Waals surface area contributed by atoms with E-state index in [0.29, 0.717) is 0 Å². The summed E-state index contributed by atoms with van der Waals surface area (Å²) in [7, 11) is 0. The minimum absolute atomic E-state index is 0.0319. The second-order valence-electron chi connectivity index (χ2n) is 9.52. The number of nitrogens with zero attached hydrogens (tertiary/aromatic N) is 1. The van der Waals surface area contributed by atoms with Crippen molar-refractivity contribution in [2.75, 3.05) is 26.3 Å². The number of likely N-dealkylation sites (tertiary alicyclic amines) is 1. The van der Waals surface area contributed by atoms with Gasteiger partial charge in [-0.15, -0.1) is 0 Å². The molecule has 2 aromatic carbocycles. The molecule has 0 aromatic heterocycles. The van der Waals surface area contributed by atoms with Crippen molar-refractivity contribution in [2.45, 2.75) is 63.1 Å². The first kappa shape index (κ1) is 23.9. The molecule has 4 rings (SSSR count). The first-order chi connectivity index (χ1) is 16.2. The Morgan fingerprint density at radius 3 is 2.21 bits per heavy atom. The molecule has 0 bridgehead atoms. The van der Waals surface area contributed by atoms with Crippen molar-refractivity contribution in [2.24, 2.45) is 5.92 Å². The Kier molecular flexibility index (Phi) is 8.54. The van der Waals surface area contributed by atoms with Gasteiger partial charge in [0.2, 0.25) is 0 Å². The van der Waals surface area contributed by atoms with Gasteiger partial charge in [0.05, 0.1) is 13.2 Å². The maximum Gasteiger partial charge on any atom is 0.257 e. The average Bonchev–Trinajstić information content (AvgIpc) is 2.88. The van der Waals surface area contributed by atoms with Crippen LogP contribution >= 0.6 is 0 Å². The molecule has 1 atom stereocenters. The molecule has 33 heavy (non-hydrogen) atoms. The van der Waals surface area contributed by atoms with Crippen molar-refractivity contribution < 1.29 is 14.6 Å². The van der Waals surface area contributed by atoms with Gasteiger partial charge in [-0.25, -0.2) is 0 Å². The Balaban J connectivity index is 1.47. The SMILES string of the molecule is O=C(NC1CCN(Cc2ccccc2)CC1)C(OCCO)(c1ccccc1)C1CCCCC1. The lowest BCUT2D eigenvalue weighted by Crippen LogP contribution is -2.56. The highest BCUT2D eigenvalue weighted by atomic mass is 16.5. The number of carbonyl (C=O) groups excluding carboxylic acids is 1. The van der Waals surface area contributed by atoms with Crippen molar-refractivity contribution in [3.8, 4) is 0 Å². The van der Waals surface area contributed by atoms with E-state index < -0.39 is 5.60 Å². The molecule has 5 heteroatoms. The van der Waals surface area contributed by atoms with Crippen molar-refractivity contribution in [1.82, 2.24) is 10.2 Å². The normalized spacial score (nSPS) is 20.3. The van der Waals surface area contributed by atoms with Gasteiger partial charge in [0, 0.05) is 31.6 Å². The summed E-state index contributed by atoms with van der Waals surface area (Å²) in [4.78, 5) is 16.4. The minimum atomic E-state index is -1.04. The number of aliphatic hydroxyl groups excluding tert-OH is 1. The standard InChI is InChI=1S/C28H38N2O3/c31-20-21-33-28(24-12-6-2-7-13-24,25-14-8-3-9-15-25)27(32)29-26-16-18-30(19-17-26)22-23-10-4-1-5-11-23/h1-2,4-7,10-13,25-26,31H,3,8-9,14-22H2,(H,29,32). The van der Waals surface area contributed by atoms with E-state index in [0.717, 1.165) is 63.7 Å². The number of ether oxygens (including phenoxy) is 1. The highest BCUT2D eigenvalue weighted by molar-refractivity contribution is 5.87. The summed E-state index contributed by atoms with van der Waals surface area (Å²) in [6, 6.07) is 20.7. The van der Waals surface area contributed by atoms with E-state index in [1.807, 2.05) is 30.3 Å². The molecule has 5 nitrogen and oxygen atoms in total. The highest BCUT2D eigenvalue weighted by Gasteiger charge is 2.49. The van der Waals surface area contributed by atoms with Crippen LogP contribution < -0.4 is 5.32 Å². The van der Waals surface area contributed by atoms with Crippen LogP contribution in [0.2, 0.25) is 0 Å². The summed E-state index contributed by atoms with van der Waals surface area (Å²) in [5.74, 6) is 0.0916. The molecule has 0 radical (unpaired) electrons. The second kappa shape index (κ2) is 11.8. The van der Waals surface area contributed by atoms with Crippen molar-refractivity contribution >= 4 is 5.91 Å². The summed E-state index contributed by atoms with van der Waals surface area (Å²) >= 11 is 0. The number of hydrogen-bond acceptors (Lipinski definition) is 4. The lowest BCUT2D eigenvalue weighted by Gasteiger charge is -2.43. The van der Waals surface area contributed by atoms with Crippen LogP contribution in [-0.2, 0) is 21.7 Å². The summed E-state index contributed by atoms with van der Waals surface area (Å²) in [5.41, 5.74) is 1.20. The predicted octanol–water partition coefficient (Wildman–Crippen LogP) is 4.25. The molecule has 2 fully saturated rings. The molecule has 2 N–H and O–H groups in total. The fourth-order valence-corrected chi connectivity index (χ4v) is 5.59. The van der Waals surface area contributed by atoms with Crippen LogP contribution in [0.25, 0.3) is 0 Å². The Morgan fingerprint density at radius 1 is 0.939 bits per heavy atom. The first-order valence-corrected chi connectivity index (χ1v) is 12.6. The molecule has 2 aromatic rings. The van der Waals surface area contributed by atoms with Gasteiger partial charge in [-0.1, -0.05) is 79.9 Å². The van der Waals surface area contributed by atoms with Crippen molar-refractivity contribution in [3.05, 3.63) is 71.8 Å². The molecular weight excluding hydrogens is 412 g/mol. The zero-order valence-electron chi connectivity index (χ0n) is 19.6. The molecular formula is C28H38N2O3. The largest absolute Gasteiger partial charge is 0.394 e. The Hall–Kier alpha value is -2.21. The molecule has 1 amide bonds. The smallest absolute Gasteiger partial charge is 0.257 e. The number of nitrogens with one attached hydrogen (secondary N) is 1. The quantitative estimate of drug-likeness (QED) is 0.600. The van der Waals surface area contributed by atoms with Crippen LogP contribution in [0.1, 0.15) is 56.1 Å². The van der Waals surface area contributed by atoms with Crippen LogP contribution in [0.4, 0.5) is 0 Å². The van der Waals surface area contributed by atoms with Gasteiger partial charge in [-0.3, -0.25) is 9.69 Å². The van der Waals surface area contributed by atoms with E-state index >= 15 is 0 Å². The van der Waals surface area contributed by atoms with Gasteiger partial charge in [0.1, 0.15) is 0 Å². The highest BCUT2D eigenvalue weighted by Crippen LogP contribution is 2.43. The van der Waals surface area contributed by atoms with Crippen LogP contribution in [0.15, 0.2) is 60.7 Å². The summed E-state index contributed by atoms with van der Waals surface area (Å²) in [6.07, 6.45) is 7.28.